The zero-order valence-corrected chi connectivity index (χ0v) is 19.5. The Labute approximate surface area is 205 Å². The quantitative estimate of drug-likeness (QED) is 0.321. The molecule has 5 rings (SSSR count). The van der Waals surface area contributed by atoms with Gasteiger partial charge in [-0.3, -0.25) is 9.69 Å². The van der Waals surface area contributed by atoms with E-state index < -0.39 is 0 Å². The van der Waals surface area contributed by atoms with Crippen molar-refractivity contribution in [3.05, 3.63) is 103 Å². The molecule has 1 fully saturated rings. The summed E-state index contributed by atoms with van der Waals surface area (Å²) in [5, 5.41) is 4.34. The molecule has 4 aromatic rings. The maximum atomic E-state index is 12.5. The van der Waals surface area contributed by atoms with E-state index in [0.29, 0.717) is 19.8 Å². The van der Waals surface area contributed by atoms with Crippen LogP contribution in [0.3, 0.4) is 0 Å². The molecule has 6 nitrogen and oxygen atoms in total. The van der Waals surface area contributed by atoms with Gasteiger partial charge in [-0.15, -0.1) is 0 Å². The summed E-state index contributed by atoms with van der Waals surface area (Å²) < 4.78 is 7.61. The van der Waals surface area contributed by atoms with Gasteiger partial charge in [0.2, 0.25) is 0 Å². The minimum absolute atomic E-state index is 0.129. The van der Waals surface area contributed by atoms with Crippen LogP contribution >= 0.6 is 0 Å². The Bertz CT molecular complexity index is 1280. The SMILES string of the molecule is O=C(CN1CCOCC1)N/N=C\c1cc(-c2ccccc2)n(-c2ccccc2)c1-c1ccccc1. The molecule has 1 saturated heterocycles. The smallest absolute Gasteiger partial charge is 0.254 e. The largest absolute Gasteiger partial charge is 0.379 e. The third-order valence-electron chi connectivity index (χ3n) is 6.03. The molecule has 0 aliphatic carbocycles. The Balaban J connectivity index is 1.53. The molecule has 0 atom stereocenters. The number of amides is 1. The lowest BCUT2D eigenvalue weighted by Gasteiger charge is -2.25. The number of carbonyl (C=O) groups excluding carboxylic acids is 1. The topological polar surface area (TPSA) is 58.9 Å². The van der Waals surface area contributed by atoms with Crippen LogP contribution in [0.4, 0.5) is 0 Å². The summed E-state index contributed by atoms with van der Waals surface area (Å²) in [5.41, 5.74) is 8.92. The monoisotopic (exact) mass is 464 g/mol. The molecule has 1 aromatic heterocycles. The highest BCUT2D eigenvalue weighted by Crippen LogP contribution is 2.35. The lowest BCUT2D eigenvalue weighted by atomic mass is 10.1. The van der Waals surface area contributed by atoms with Gasteiger partial charge < -0.3 is 9.30 Å². The van der Waals surface area contributed by atoms with E-state index in [-0.39, 0.29) is 5.91 Å². The van der Waals surface area contributed by atoms with Gasteiger partial charge in [-0.25, -0.2) is 5.43 Å². The molecule has 6 heteroatoms. The van der Waals surface area contributed by atoms with Gasteiger partial charge in [0.05, 0.1) is 37.4 Å². The molecule has 0 spiro atoms. The maximum absolute atomic E-state index is 12.5. The predicted octanol–water partition coefficient (Wildman–Crippen LogP) is 4.59. The average Bonchev–Trinajstić information content (AvgIpc) is 3.30. The summed E-state index contributed by atoms with van der Waals surface area (Å²) in [4.78, 5) is 14.5. The van der Waals surface area contributed by atoms with Crippen molar-refractivity contribution in [2.24, 2.45) is 5.10 Å². The third-order valence-corrected chi connectivity index (χ3v) is 6.03. The summed E-state index contributed by atoms with van der Waals surface area (Å²) in [6, 6.07) is 33.0. The number of nitrogens with zero attached hydrogens (tertiary/aromatic N) is 3. The molecule has 0 bridgehead atoms. The second-order valence-corrected chi connectivity index (χ2v) is 8.42. The van der Waals surface area contributed by atoms with Crippen molar-refractivity contribution in [1.82, 2.24) is 14.9 Å². The van der Waals surface area contributed by atoms with Gasteiger partial charge in [-0.1, -0.05) is 78.9 Å². The Morgan fingerprint density at radius 3 is 2.11 bits per heavy atom. The van der Waals surface area contributed by atoms with Crippen LogP contribution < -0.4 is 5.43 Å². The van der Waals surface area contributed by atoms with Crippen molar-refractivity contribution in [3.8, 4) is 28.2 Å². The fourth-order valence-electron chi connectivity index (χ4n) is 4.36. The lowest BCUT2D eigenvalue weighted by Crippen LogP contribution is -2.42. The first-order valence-electron chi connectivity index (χ1n) is 11.8. The van der Waals surface area contributed by atoms with Crippen LogP contribution in [0.2, 0.25) is 0 Å². The first kappa shape index (κ1) is 22.8. The zero-order valence-electron chi connectivity index (χ0n) is 19.5. The summed E-state index contributed by atoms with van der Waals surface area (Å²) >= 11 is 0. The van der Waals surface area contributed by atoms with Crippen molar-refractivity contribution in [2.45, 2.75) is 0 Å². The van der Waals surface area contributed by atoms with E-state index in [1.165, 1.54) is 0 Å². The van der Waals surface area contributed by atoms with Crippen molar-refractivity contribution in [1.29, 1.82) is 0 Å². The van der Waals surface area contributed by atoms with Gasteiger partial charge in [0.15, 0.2) is 0 Å². The van der Waals surface area contributed by atoms with Crippen molar-refractivity contribution < 1.29 is 9.53 Å². The second kappa shape index (κ2) is 11.0. The molecule has 1 aliphatic heterocycles. The third kappa shape index (κ3) is 5.40. The Hall–Kier alpha value is -4.00. The van der Waals surface area contributed by atoms with E-state index in [2.05, 4.69) is 62.5 Å². The fourth-order valence-corrected chi connectivity index (χ4v) is 4.36. The zero-order chi connectivity index (χ0) is 23.9. The Morgan fingerprint density at radius 1 is 0.857 bits per heavy atom. The first-order valence-corrected chi connectivity index (χ1v) is 11.8. The Morgan fingerprint density at radius 2 is 1.46 bits per heavy atom. The highest BCUT2D eigenvalue weighted by Gasteiger charge is 2.19. The predicted molar refractivity (Wildman–Crippen MR) is 140 cm³/mol. The average molecular weight is 465 g/mol. The van der Waals surface area contributed by atoms with Gasteiger partial charge in [-0.05, 0) is 29.3 Å². The standard InChI is InChI=1S/C29H28N4O2/c34-28(22-32-16-18-35-19-17-32)31-30-21-25-20-27(23-10-4-1-5-11-23)33(26-14-8-3-9-15-26)29(25)24-12-6-2-7-13-24/h1-15,20-21H,16-19,22H2,(H,31,34)/b30-21-. The van der Waals surface area contributed by atoms with Crippen LogP contribution in [-0.2, 0) is 9.53 Å². The lowest BCUT2D eigenvalue weighted by molar-refractivity contribution is -0.123. The molecule has 1 N–H and O–H groups in total. The number of hydrogen-bond acceptors (Lipinski definition) is 4. The summed E-state index contributed by atoms with van der Waals surface area (Å²) in [5.74, 6) is -0.129. The first-order chi connectivity index (χ1) is 17.3. The number of hydrogen-bond donors (Lipinski definition) is 1. The van der Waals surface area contributed by atoms with Gasteiger partial charge >= 0.3 is 0 Å². The van der Waals surface area contributed by atoms with Crippen LogP contribution in [0.25, 0.3) is 28.2 Å². The van der Waals surface area contributed by atoms with Crippen LogP contribution in [0, 0.1) is 0 Å². The summed E-state index contributed by atoms with van der Waals surface area (Å²) in [6.45, 7) is 3.15. The number of morpholine rings is 1. The molecule has 3 aromatic carbocycles. The molecule has 0 saturated carbocycles. The molecule has 1 amide bonds. The van der Waals surface area contributed by atoms with Crippen LogP contribution in [-0.4, -0.2) is 54.4 Å². The molecule has 35 heavy (non-hydrogen) atoms. The molecule has 1 aliphatic rings. The van der Waals surface area contributed by atoms with Gasteiger partial charge in [0, 0.05) is 24.3 Å². The second-order valence-electron chi connectivity index (χ2n) is 8.42. The van der Waals surface area contributed by atoms with Gasteiger partial charge in [-0.2, -0.15) is 5.10 Å². The summed E-state index contributed by atoms with van der Waals surface area (Å²) in [6.07, 6.45) is 1.74. The molecule has 0 radical (unpaired) electrons. The van der Waals surface area contributed by atoms with E-state index in [9.17, 15) is 4.79 Å². The number of nitrogens with one attached hydrogen (secondary N) is 1. The highest BCUT2D eigenvalue weighted by atomic mass is 16.5. The molecule has 2 heterocycles. The van der Waals surface area contributed by atoms with E-state index >= 15 is 0 Å². The van der Waals surface area contributed by atoms with Gasteiger partial charge in [0.25, 0.3) is 5.91 Å². The number of carbonyl (C=O) groups is 1. The van der Waals surface area contributed by atoms with E-state index in [4.69, 9.17) is 4.74 Å². The van der Waals surface area contributed by atoms with Crippen molar-refractivity contribution in [2.75, 3.05) is 32.8 Å². The number of ether oxygens (including phenoxy) is 1. The van der Waals surface area contributed by atoms with Gasteiger partial charge in [0.1, 0.15) is 0 Å². The number of aromatic nitrogens is 1. The molecular formula is C29H28N4O2. The van der Waals surface area contributed by atoms with Crippen molar-refractivity contribution in [3.63, 3.8) is 0 Å². The number of hydrazone groups is 1. The molecule has 0 unspecified atom stereocenters. The number of rotatable bonds is 7. The minimum atomic E-state index is -0.129. The number of benzene rings is 3. The summed E-state index contributed by atoms with van der Waals surface area (Å²) in [7, 11) is 0. The fraction of sp³-hybridized carbons (Fsp3) is 0.172. The van der Waals surface area contributed by atoms with E-state index in [0.717, 1.165) is 46.9 Å². The highest BCUT2D eigenvalue weighted by molar-refractivity contribution is 5.94. The van der Waals surface area contributed by atoms with Crippen LogP contribution in [0.1, 0.15) is 5.56 Å². The number of para-hydroxylation sites is 1. The Kier molecular flexibility index (Phi) is 7.13. The van der Waals surface area contributed by atoms with E-state index in [1.54, 1.807) is 6.21 Å². The van der Waals surface area contributed by atoms with E-state index in [1.807, 2.05) is 54.6 Å². The maximum Gasteiger partial charge on any atom is 0.254 e. The molecular weight excluding hydrogens is 436 g/mol. The normalized spacial score (nSPS) is 14.3. The van der Waals surface area contributed by atoms with Crippen LogP contribution in [0.5, 0.6) is 0 Å². The molecule has 176 valence electrons. The van der Waals surface area contributed by atoms with Crippen LogP contribution in [0.15, 0.2) is 102 Å². The minimum Gasteiger partial charge on any atom is -0.379 e. The van der Waals surface area contributed by atoms with Crippen molar-refractivity contribution >= 4 is 12.1 Å².